The maximum atomic E-state index is 11.9. The zero-order chi connectivity index (χ0) is 13.0. The highest BCUT2D eigenvalue weighted by Gasteiger charge is 2.42. The first-order chi connectivity index (χ1) is 8.62. The number of carbonyl (C=O) groups excluding carboxylic acids is 1. The third kappa shape index (κ3) is 2.70. The second-order valence-electron chi connectivity index (χ2n) is 4.88. The van der Waals surface area contributed by atoms with Gasteiger partial charge in [0.15, 0.2) is 0 Å². The van der Waals surface area contributed by atoms with Crippen molar-refractivity contribution in [3.8, 4) is 0 Å². The van der Waals surface area contributed by atoms with E-state index in [-0.39, 0.29) is 12.3 Å². The molecule has 2 rings (SSSR count). The molecule has 1 aliphatic rings. The van der Waals surface area contributed by atoms with Crippen LogP contribution in [0.25, 0.3) is 0 Å². The molecule has 1 fully saturated rings. The highest BCUT2D eigenvalue weighted by Crippen LogP contribution is 2.41. The third-order valence-electron chi connectivity index (χ3n) is 3.57. The summed E-state index contributed by atoms with van der Waals surface area (Å²) in [6, 6.07) is 9.11. The lowest BCUT2D eigenvalue weighted by atomic mass is 9.82. The Morgan fingerprint density at radius 2 is 1.78 bits per heavy atom. The molecule has 0 aliphatic heterocycles. The van der Waals surface area contributed by atoms with Crippen LogP contribution in [0.5, 0.6) is 0 Å². The van der Waals surface area contributed by atoms with Gasteiger partial charge in [-0.3, -0.25) is 9.59 Å². The second-order valence-corrected chi connectivity index (χ2v) is 4.88. The Morgan fingerprint density at radius 1 is 1.17 bits per heavy atom. The maximum absolute atomic E-state index is 11.9. The molecule has 0 atom stereocenters. The number of rotatable bonds is 4. The Hall–Kier alpha value is -1.84. The number of carboxylic acid groups (broad SMARTS) is 1. The molecule has 1 aromatic carbocycles. The molecule has 0 bridgehead atoms. The first-order valence-electron chi connectivity index (χ1n) is 6.21. The number of carboxylic acids is 1. The molecule has 0 radical (unpaired) electrons. The summed E-state index contributed by atoms with van der Waals surface area (Å²) in [6.45, 7) is 0. The molecule has 0 saturated heterocycles. The summed E-state index contributed by atoms with van der Waals surface area (Å²) >= 11 is 0. The van der Waals surface area contributed by atoms with Crippen molar-refractivity contribution in [3.05, 3.63) is 30.3 Å². The Labute approximate surface area is 106 Å². The van der Waals surface area contributed by atoms with E-state index in [1.54, 1.807) is 12.1 Å². The largest absolute Gasteiger partial charge is 0.481 e. The minimum Gasteiger partial charge on any atom is -0.481 e. The van der Waals surface area contributed by atoms with Crippen LogP contribution in [0.2, 0.25) is 0 Å². The lowest BCUT2D eigenvalue weighted by Crippen LogP contribution is -2.32. The van der Waals surface area contributed by atoms with E-state index in [1.165, 1.54) is 0 Å². The van der Waals surface area contributed by atoms with Gasteiger partial charge in [0.2, 0.25) is 5.91 Å². The lowest BCUT2D eigenvalue weighted by molar-refractivity contribution is -0.150. The molecule has 0 spiro atoms. The molecule has 0 unspecified atom stereocenters. The minimum absolute atomic E-state index is 0.0667. The number of hydrogen-bond acceptors (Lipinski definition) is 2. The van der Waals surface area contributed by atoms with Gasteiger partial charge in [0, 0.05) is 12.1 Å². The predicted octanol–water partition coefficient (Wildman–Crippen LogP) is 2.66. The van der Waals surface area contributed by atoms with Gasteiger partial charge in [-0.1, -0.05) is 31.0 Å². The Kier molecular flexibility index (Phi) is 3.65. The standard InChI is InChI=1S/C14H17NO3/c16-12(15-11-6-2-1-3-7-11)10-14(13(17)18)8-4-5-9-14/h1-3,6-7H,4-5,8-10H2,(H,15,16)(H,17,18). The molecule has 1 aromatic rings. The van der Waals surface area contributed by atoms with E-state index in [9.17, 15) is 14.7 Å². The quantitative estimate of drug-likeness (QED) is 0.859. The van der Waals surface area contributed by atoms with E-state index >= 15 is 0 Å². The summed E-state index contributed by atoms with van der Waals surface area (Å²) in [4.78, 5) is 23.2. The van der Waals surface area contributed by atoms with Crippen molar-refractivity contribution in [2.45, 2.75) is 32.1 Å². The summed E-state index contributed by atoms with van der Waals surface area (Å²) in [5.74, 6) is -1.06. The Morgan fingerprint density at radius 3 is 2.33 bits per heavy atom. The molecular weight excluding hydrogens is 230 g/mol. The van der Waals surface area contributed by atoms with E-state index in [0.717, 1.165) is 12.8 Å². The van der Waals surface area contributed by atoms with E-state index in [2.05, 4.69) is 5.32 Å². The van der Waals surface area contributed by atoms with Gasteiger partial charge in [-0.05, 0) is 25.0 Å². The Balaban J connectivity index is 2.00. The van der Waals surface area contributed by atoms with E-state index < -0.39 is 11.4 Å². The highest BCUT2D eigenvalue weighted by molar-refractivity contribution is 5.94. The first kappa shape index (κ1) is 12.6. The molecule has 96 valence electrons. The number of carbonyl (C=O) groups is 2. The van der Waals surface area contributed by atoms with E-state index in [4.69, 9.17) is 0 Å². The average Bonchev–Trinajstić information content (AvgIpc) is 2.80. The van der Waals surface area contributed by atoms with Crippen molar-refractivity contribution < 1.29 is 14.7 Å². The summed E-state index contributed by atoms with van der Waals surface area (Å²) in [5, 5.41) is 12.0. The van der Waals surface area contributed by atoms with Crippen LogP contribution in [0.3, 0.4) is 0 Å². The van der Waals surface area contributed by atoms with Crippen LogP contribution in [0.15, 0.2) is 30.3 Å². The van der Waals surface area contributed by atoms with Gasteiger partial charge in [-0.15, -0.1) is 0 Å². The summed E-state index contributed by atoms with van der Waals surface area (Å²) in [7, 11) is 0. The fourth-order valence-corrected chi connectivity index (χ4v) is 2.55. The highest BCUT2D eigenvalue weighted by atomic mass is 16.4. The predicted molar refractivity (Wildman–Crippen MR) is 68.2 cm³/mol. The van der Waals surface area contributed by atoms with Crippen LogP contribution in [0.4, 0.5) is 5.69 Å². The van der Waals surface area contributed by atoms with Crippen LogP contribution in [-0.2, 0) is 9.59 Å². The zero-order valence-electron chi connectivity index (χ0n) is 10.2. The van der Waals surface area contributed by atoms with Crippen molar-refractivity contribution in [2.24, 2.45) is 5.41 Å². The topological polar surface area (TPSA) is 66.4 Å². The smallest absolute Gasteiger partial charge is 0.310 e. The molecule has 4 heteroatoms. The van der Waals surface area contributed by atoms with E-state index in [1.807, 2.05) is 18.2 Å². The van der Waals surface area contributed by atoms with Gasteiger partial charge in [-0.2, -0.15) is 0 Å². The van der Waals surface area contributed by atoms with Crippen molar-refractivity contribution in [1.82, 2.24) is 0 Å². The number of amides is 1. The molecule has 4 nitrogen and oxygen atoms in total. The molecule has 0 aromatic heterocycles. The van der Waals surface area contributed by atoms with Crippen molar-refractivity contribution in [2.75, 3.05) is 5.32 Å². The summed E-state index contributed by atoms with van der Waals surface area (Å²) < 4.78 is 0. The summed E-state index contributed by atoms with van der Waals surface area (Å²) in [6.07, 6.45) is 3.06. The number of benzene rings is 1. The maximum Gasteiger partial charge on any atom is 0.310 e. The SMILES string of the molecule is O=C(CC1(C(=O)O)CCCC1)Nc1ccccc1. The van der Waals surface area contributed by atoms with Crippen molar-refractivity contribution in [3.63, 3.8) is 0 Å². The van der Waals surface area contributed by atoms with Crippen LogP contribution in [-0.4, -0.2) is 17.0 Å². The molecule has 0 heterocycles. The zero-order valence-corrected chi connectivity index (χ0v) is 10.2. The fraction of sp³-hybridized carbons (Fsp3) is 0.429. The fourth-order valence-electron chi connectivity index (χ4n) is 2.55. The molecule has 18 heavy (non-hydrogen) atoms. The molecule has 2 N–H and O–H groups in total. The monoisotopic (exact) mass is 247 g/mol. The van der Waals surface area contributed by atoms with Gasteiger partial charge >= 0.3 is 5.97 Å². The number of hydrogen-bond donors (Lipinski definition) is 2. The van der Waals surface area contributed by atoms with E-state index in [0.29, 0.717) is 18.5 Å². The van der Waals surface area contributed by atoms with Gasteiger partial charge in [0.05, 0.1) is 5.41 Å². The molecular formula is C14H17NO3. The van der Waals surface area contributed by atoms with Gasteiger partial charge in [0.1, 0.15) is 0 Å². The molecule has 1 amide bonds. The molecule has 1 aliphatic carbocycles. The van der Waals surface area contributed by atoms with Gasteiger partial charge in [-0.25, -0.2) is 0 Å². The number of para-hydroxylation sites is 1. The van der Waals surface area contributed by atoms with Crippen LogP contribution < -0.4 is 5.32 Å². The van der Waals surface area contributed by atoms with Crippen LogP contribution in [0, 0.1) is 5.41 Å². The summed E-state index contributed by atoms with van der Waals surface area (Å²) in [5.41, 5.74) is -0.139. The average molecular weight is 247 g/mol. The number of aliphatic carboxylic acids is 1. The number of anilines is 1. The van der Waals surface area contributed by atoms with Crippen molar-refractivity contribution in [1.29, 1.82) is 0 Å². The molecule has 1 saturated carbocycles. The number of nitrogens with one attached hydrogen (secondary N) is 1. The second kappa shape index (κ2) is 5.21. The normalized spacial score (nSPS) is 17.3. The van der Waals surface area contributed by atoms with Gasteiger partial charge < -0.3 is 10.4 Å². The van der Waals surface area contributed by atoms with Crippen molar-refractivity contribution >= 4 is 17.6 Å². The minimum atomic E-state index is -0.848. The first-order valence-corrected chi connectivity index (χ1v) is 6.21. The lowest BCUT2D eigenvalue weighted by Gasteiger charge is -2.22. The Bertz CT molecular complexity index is 436. The van der Waals surface area contributed by atoms with Crippen LogP contribution >= 0.6 is 0 Å². The third-order valence-corrected chi connectivity index (χ3v) is 3.57. The van der Waals surface area contributed by atoms with Gasteiger partial charge in [0.25, 0.3) is 0 Å². The van der Waals surface area contributed by atoms with Crippen LogP contribution in [0.1, 0.15) is 32.1 Å².